The van der Waals surface area contributed by atoms with Crippen LogP contribution in [-0.4, -0.2) is 63.5 Å². The smallest absolute Gasteiger partial charge is 0.223 e. The highest BCUT2D eigenvalue weighted by Gasteiger charge is 2.46. The maximum absolute atomic E-state index is 11.4. The van der Waals surface area contributed by atoms with E-state index in [1.807, 2.05) is 6.07 Å². The van der Waals surface area contributed by atoms with Crippen LogP contribution in [0.1, 0.15) is 6.92 Å². The molecule has 1 fully saturated rings. The third-order valence-electron chi connectivity index (χ3n) is 4.08. The van der Waals surface area contributed by atoms with Gasteiger partial charge in [0.1, 0.15) is 30.1 Å². The summed E-state index contributed by atoms with van der Waals surface area (Å²) < 4.78 is 11.3. The van der Waals surface area contributed by atoms with Crippen LogP contribution < -0.4 is 10.1 Å². The van der Waals surface area contributed by atoms with Crippen molar-refractivity contribution >= 4 is 16.8 Å². The third-order valence-corrected chi connectivity index (χ3v) is 4.08. The molecule has 8 nitrogen and oxygen atoms in total. The Balaban J connectivity index is 1.86. The number of carbonyl (C=O) groups is 1. The van der Waals surface area contributed by atoms with Gasteiger partial charge < -0.3 is 30.1 Å². The van der Waals surface area contributed by atoms with E-state index in [4.69, 9.17) is 9.47 Å². The summed E-state index contributed by atoms with van der Waals surface area (Å²) in [6.45, 7) is 0.794. The predicted molar refractivity (Wildman–Crippen MR) is 87.7 cm³/mol. The molecule has 2 aromatic rings. The van der Waals surface area contributed by atoms with Crippen LogP contribution in [0.2, 0.25) is 0 Å². The topological polar surface area (TPSA) is 121 Å². The molecule has 2 heterocycles. The van der Waals surface area contributed by atoms with Gasteiger partial charge in [-0.1, -0.05) is 6.07 Å². The molecule has 1 aliphatic rings. The number of nitrogens with zero attached hydrogens (tertiary/aromatic N) is 1. The van der Waals surface area contributed by atoms with Gasteiger partial charge in [0.25, 0.3) is 0 Å². The molecule has 0 bridgehead atoms. The van der Waals surface area contributed by atoms with E-state index in [2.05, 4.69) is 10.3 Å². The van der Waals surface area contributed by atoms with Crippen LogP contribution in [0.4, 0.5) is 0 Å². The number of aliphatic hydroxyl groups is 3. The second kappa shape index (κ2) is 7.32. The molecule has 1 aromatic heterocycles. The van der Waals surface area contributed by atoms with Crippen molar-refractivity contribution < 1.29 is 29.6 Å². The fourth-order valence-electron chi connectivity index (χ4n) is 2.83. The predicted octanol–water partition coefficient (Wildman–Crippen LogP) is -0.443. The zero-order valence-corrected chi connectivity index (χ0v) is 13.6. The average Bonchev–Trinajstić information content (AvgIpc) is 2.61. The first kappa shape index (κ1) is 17.6. The Morgan fingerprint density at radius 2 is 2.12 bits per heavy atom. The number of rotatable bonds is 4. The fraction of sp³-hybridized carbons (Fsp3) is 0.412. The van der Waals surface area contributed by atoms with Crippen molar-refractivity contribution in [1.29, 1.82) is 0 Å². The summed E-state index contributed by atoms with van der Waals surface area (Å²) in [5.74, 6) is 0.0414. The minimum atomic E-state index is -1.35. The molecule has 4 N–H and O–H groups in total. The number of aliphatic hydroxyl groups excluding tert-OH is 3. The van der Waals surface area contributed by atoms with Crippen molar-refractivity contribution in [2.75, 3.05) is 6.61 Å². The van der Waals surface area contributed by atoms with E-state index in [1.54, 1.807) is 30.5 Å². The first-order valence-electron chi connectivity index (χ1n) is 7.90. The van der Waals surface area contributed by atoms with Crippen LogP contribution >= 0.6 is 0 Å². The Morgan fingerprint density at radius 1 is 1.32 bits per heavy atom. The molecular formula is C17H20N2O6. The number of hydrogen-bond donors (Lipinski definition) is 4. The highest BCUT2D eigenvalue weighted by atomic mass is 16.7. The zero-order valence-electron chi connectivity index (χ0n) is 13.6. The molecule has 1 aromatic carbocycles. The molecule has 1 amide bonds. The lowest BCUT2D eigenvalue weighted by atomic mass is 9.97. The van der Waals surface area contributed by atoms with Crippen LogP contribution in [0.3, 0.4) is 0 Å². The summed E-state index contributed by atoms with van der Waals surface area (Å²) in [5.41, 5.74) is 0.793. The van der Waals surface area contributed by atoms with E-state index in [-0.39, 0.29) is 0 Å². The van der Waals surface area contributed by atoms with Crippen molar-refractivity contribution in [3.63, 3.8) is 0 Å². The maximum Gasteiger partial charge on any atom is 0.223 e. The SMILES string of the molecule is CC(=O)NC1C(Oc2ccc3ncccc3c2)OC(CO)C(O)C1O. The largest absolute Gasteiger partial charge is 0.463 e. The highest BCUT2D eigenvalue weighted by Crippen LogP contribution is 2.26. The second-order valence-corrected chi connectivity index (χ2v) is 5.91. The van der Waals surface area contributed by atoms with Gasteiger partial charge in [-0.25, -0.2) is 0 Å². The van der Waals surface area contributed by atoms with Crippen LogP contribution in [0.15, 0.2) is 36.5 Å². The van der Waals surface area contributed by atoms with Crippen molar-refractivity contribution in [3.8, 4) is 5.75 Å². The van der Waals surface area contributed by atoms with Crippen LogP contribution in [0, 0.1) is 0 Å². The van der Waals surface area contributed by atoms with Gasteiger partial charge in [-0.05, 0) is 24.3 Å². The van der Waals surface area contributed by atoms with Crippen molar-refractivity contribution in [2.24, 2.45) is 0 Å². The lowest BCUT2D eigenvalue weighted by Gasteiger charge is -2.42. The highest BCUT2D eigenvalue weighted by molar-refractivity contribution is 5.79. The summed E-state index contributed by atoms with van der Waals surface area (Å²) in [6, 6.07) is 7.90. The van der Waals surface area contributed by atoms with Gasteiger partial charge >= 0.3 is 0 Å². The van der Waals surface area contributed by atoms with E-state index >= 15 is 0 Å². The molecule has 0 saturated carbocycles. The number of carbonyl (C=O) groups excluding carboxylic acids is 1. The molecule has 134 valence electrons. The van der Waals surface area contributed by atoms with Gasteiger partial charge in [0.2, 0.25) is 12.2 Å². The van der Waals surface area contributed by atoms with Crippen LogP contribution in [0.25, 0.3) is 10.9 Å². The Labute approximate surface area is 144 Å². The number of hydrogen-bond acceptors (Lipinski definition) is 7. The van der Waals surface area contributed by atoms with E-state index < -0.39 is 43.2 Å². The number of benzene rings is 1. The third kappa shape index (κ3) is 3.72. The molecule has 0 spiro atoms. The normalized spacial score (nSPS) is 29.4. The summed E-state index contributed by atoms with van der Waals surface area (Å²) in [7, 11) is 0. The number of nitrogens with one attached hydrogen (secondary N) is 1. The van der Waals surface area contributed by atoms with E-state index in [9.17, 15) is 20.1 Å². The number of fused-ring (bicyclic) bond motifs is 1. The van der Waals surface area contributed by atoms with Gasteiger partial charge in [0, 0.05) is 18.5 Å². The molecule has 0 radical (unpaired) electrons. The quantitative estimate of drug-likeness (QED) is 0.591. The molecule has 8 heteroatoms. The van der Waals surface area contributed by atoms with Gasteiger partial charge in [0.05, 0.1) is 12.1 Å². The minimum absolute atomic E-state index is 0.404. The van der Waals surface area contributed by atoms with Crippen molar-refractivity contribution in [1.82, 2.24) is 10.3 Å². The molecule has 5 atom stereocenters. The number of pyridine rings is 1. The van der Waals surface area contributed by atoms with Gasteiger partial charge in [-0.2, -0.15) is 0 Å². The standard InChI is InChI=1S/C17H20N2O6/c1-9(21)19-14-16(23)15(22)13(8-20)25-17(14)24-11-4-5-12-10(7-11)3-2-6-18-12/h2-7,13-17,20,22-23H,8H2,1H3,(H,19,21). The molecule has 3 rings (SSSR count). The molecule has 1 aliphatic heterocycles. The summed E-state index contributed by atoms with van der Waals surface area (Å²) >= 11 is 0. The van der Waals surface area contributed by atoms with Gasteiger partial charge in [0.15, 0.2) is 0 Å². The Hall–Kier alpha value is -2.26. The number of amides is 1. The second-order valence-electron chi connectivity index (χ2n) is 5.91. The van der Waals surface area contributed by atoms with Crippen molar-refractivity contribution in [3.05, 3.63) is 36.5 Å². The van der Waals surface area contributed by atoms with E-state index in [1.165, 1.54) is 6.92 Å². The van der Waals surface area contributed by atoms with E-state index in [0.717, 1.165) is 10.9 Å². The number of aromatic nitrogens is 1. The Kier molecular flexibility index (Phi) is 5.14. The Morgan fingerprint density at radius 3 is 2.84 bits per heavy atom. The first-order chi connectivity index (χ1) is 12.0. The zero-order chi connectivity index (χ0) is 18.0. The number of ether oxygens (including phenoxy) is 2. The lowest BCUT2D eigenvalue weighted by Crippen LogP contribution is -2.65. The molecule has 25 heavy (non-hydrogen) atoms. The molecular weight excluding hydrogens is 328 g/mol. The first-order valence-corrected chi connectivity index (χ1v) is 7.90. The van der Waals surface area contributed by atoms with Crippen LogP contribution in [0.5, 0.6) is 5.75 Å². The minimum Gasteiger partial charge on any atom is -0.463 e. The molecule has 1 saturated heterocycles. The van der Waals surface area contributed by atoms with E-state index in [0.29, 0.717) is 5.75 Å². The van der Waals surface area contributed by atoms with Crippen LogP contribution in [-0.2, 0) is 9.53 Å². The van der Waals surface area contributed by atoms with Gasteiger partial charge in [-0.15, -0.1) is 0 Å². The Bertz CT molecular complexity index is 755. The van der Waals surface area contributed by atoms with Crippen molar-refractivity contribution in [2.45, 2.75) is 37.6 Å². The average molecular weight is 348 g/mol. The lowest BCUT2D eigenvalue weighted by molar-refractivity contribution is -0.244. The molecule has 5 unspecified atom stereocenters. The van der Waals surface area contributed by atoms with Gasteiger partial charge in [-0.3, -0.25) is 9.78 Å². The summed E-state index contributed by atoms with van der Waals surface area (Å²) in [6.07, 6.45) is -3.10. The molecule has 0 aliphatic carbocycles. The monoisotopic (exact) mass is 348 g/mol. The fourth-order valence-corrected chi connectivity index (χ4v) is 2.83. The maximum atomic E-state index is 11.4. The summed E-state index contributed by atoms with van der Waals surface area (Å²) in [5, 5.41) is 33.0. The summed E-state index contributed by atoms with van der Waals surface area (Å²) in [4.78, 5) is 15.6.